The maximum Gasteiger partial charge on any atom is 0.338 e. The van der Waals surface area contributed by atoms with E-state index in [4.69, 9.17) is 9.57 Å². The van der Waals surface area contributed by atoms with Gasteiger partial charge >= 0.3 is 5.97 Å². The van der Waals surface area contributed by atoms with Crippen LogP contribution in [0.25, 0.3) is 0 Å². The number of hydrogen-bond acceptors (Lipinski definition) is 8. The van der Waals surface area contributed by atoms with E-state index in [9.17, 15) is 28.8 Å². The minimum absolute atomic E-state index is 0.0352. The van der Waals surface area contributed by atoms with Gasteiger partial charge in [0.2, 0.25) is 17.7 Å². The highest BCUT2D eigenvalue weighted by Gasteiger charge is 2.40. The Morgan fingerprint density at radius 2 is 1.61 bits per heavy atom. The summed E-state index contributed by atoms with van der Waals surface area (Å²) in [6.07, 6.45) is 1.11. The minimum Gasteiger partial charge on any atom is -0.375 e. The third-order valence-corrected chi connectivity index (χ3v) is 6.65. The number of imide groups is 2. The average Bonchev–Trinajstić information content (AvgIpc) is 3.24. The minimum atomic E-state index is -0.980. The molecule has 0 aromatic carbocycles. The molecule has 1 atom stereocenters. The van der Waals surface area contributed by atoms with Crippen molar-refractivity contribution < 1.29 is 38.3 Å². The van der Waals surface area contributed by atoms with Gasteiger partial charge in [-0.1, -0.05) is 13.8 Å². The Labute approximate surface area is 212 Å². The molecule has 0 radical (unpaired) electrons. The van der Waals surface area contributed by atoms with Crippen LogP contribution < -0.4 is 5.32 Å². The number of carbonyl (C=O) groups excluding carboxylic acids is 6. The normalized spacial score (nSPS) is 19.0. The van der Waals surface area contributed by atoms with Crippen molar-refractivity contribution in [2.45, 2.75) is 85.7 Å². The molecule has 1 unspecified atom stereocenters. The number of nitrogens with zero attached hydrogens (tertiary/aromatic N) is 2. The number of likely N-dealkylation sites (tertiary alicyclic amines) is 1. The van der Waals surface area contributed by atoms with Crippen molar-refractivity contribution in [1.29, 1.82) is 0 Å². The molecule has 0 bridgehead atoms. The Morgan fingerprint density at radius 1 is 1.00 bits per heavy atom. The monoisotopic (exact) mass is 509 g/mol. The number of carbonyl (C=O) groups is 6. The van der Waals surface area contributed by atoms with Gasteiger partial charge in [-0.25, -0.2) is 4.79 Å². The van der Waals surface area contributed by atoms with Crippen LogP contribution in [0.3, 0.4) is 0 Å². The molecular weight excluding hydrogens is 470 g/mol. The molecule has 202 valence electrons. The topological polar surface area (TPSA) is 139 Å². The molecule has 2 fully saturated rings. The van der Waals surface area contributed by atoms with E-state index in [0.717, 1.165) is 0 Å². The van der Waals surface area contributed by atoms with Crippen LogP contribution in [0.1, 0.15) is 80.1 Å². The van der Waals surface area contributed by atoms with E-state index >= 15 is 0 Å². The summed E-state index contributed by atoms with van der Waals surface area (Å²) in [5, 5.41) is 3.33. The maximum absolute atomic E-state index is 12.4. The lowest BCUT2D eigenvalue weighted by Crippen LogP contribution is -2.39. The van der Waals surface area contributed by atoms with E-state index in [1.807, 2.05) is 27.7 Å². The fraction of sp³-hybridized carbons (Fsp3) is 0.760. The fourth-order valence-corrected chi connectivity index (χ4v) is 3.89. The fourth-order valence-electron chi connectivity index (χ4n) is 3.89. The number of hydrogen-bond donors (Lipinski definition) is 1. The van der Waals surface area contributed by atoms with Crippen molar-refractivity contribution in [1.82, 2.24) is 15.3 Å². The van der Waals surface area contributed by atoms with Crippen molar-refractivity contribution in [3.8, 4) is 0 Å². The van der Waals surface area contributed by atoms with Crippen LogP contribution in [0.2, 0.25) is 0 Å². The van der Waals surface area contributed by atoms with E-state index in [1.54, 1.807) is 13.8 Å². The molecule has 2 rings (SSSR count). The highest BCUT2D eigenvalue weighted by Crippen LogP contribution is 2.27. The number of rotatable bonds is 13. The third kappa shape index (κ3) is 7.84. The Bertz CT molecular complexity index is 880. The summed E-state index contributed by atoms with van der Waals surface area (Å²) in [6, 6.07) is 0. The van der Waals surface area contributed by atoms with E-state index in [-0.39, 0.29) is 68.4 Å². The van der Waals surface area contributed by atoms with Crippen LogP contribution >= 0.6 is 0 Å². The zero-order valence-electron chi connectivity index (χ0n) is 22.2. The van der Waals surface area contributed by atoms with Crippen LogP contribution in [0.15, 0.2) is 0 Å². The molecule has 11 nitrogen and oxygen atoms in total. The lowest BCUT2D eigenvalue weighted by molar-refractivity contribution is -0.205. The summed E-state index contributed by atoms with van der Waals surface area (Å²) in [6.45, 7) is 11.5. The van der Waals surface area contributed by atoms with E-state index in [1.165, 1.54) is 4.90 Å². The van der Waals surface area contributed by atoms with Crippen molar-refractivity contribution in [2.75, 3.05) is 19.7 Å². The predicted molar refractivity (Wildman–Crippen MR) is 128 cm³/mol. The van der Waals surface area contributed by atoms with Gasteiger partial charge in [-0.15, -0.1) is 5.06 Å². The van der Waals surface area contributed by atoms with Crippen molar-refractivity contribution in [3.05, 3.63) is 0 Å². The maximum atomic E-state index is 12.4. The lowest BCUT2D eigenvalue weighted by atomic mass is 9.90. The first-order valence-corrected chi connectivity index (χ1v) is 12.5. The zero-order valence-corrected chi connectivity index (χ0v) is 22.2. The summed E-state index contributed by atoms with van der Waals surface area (Å²) in [4.78, 5) is 78.6. The Morgan fingerprint density at radius 3 is 2.17 bits per heavy atom. The number of ether oxygens (including phenoxy) is 1. The second kappa shape index (κ2) is 11.9. The summed E-state index contributed by atoms with van der Waals surface area (Å²) in [5.74, 6) is -2.66. The SMILES string of the molecule is CC(C)C1CC(=O)N(CCC(=O)NCCC(C)(C)OCCC(C)(C)C(=O)ON2C(=O)CCC2=O)C1=O. The molecule has 0 aromatic rings. The van der Waals surface area contributed by atoms with E-state index in [0.29, 0.717) is 24.4 Å². The molecule has 2 aliphatic heterocycles. The number of nitrogens with one attached hydrogen (secondary N) is 1. The molecule has 0 aromatic heterocycles. The average molecular weight is 510 g/mol. The molecule has 11 heteroatoms. The van der Waals surface area contributed by atoms with Gasteiger partial charge in [0.05, 0.1) is 11.0 Å². The number of amides is 5. The second-order valence-electron chi connectivity index (χ2n) is 11.0. The molecule has 2 aliphatic rings. The first kappa shape index (κ1) is 29.4. The van der Waals surface area contributed by atoms with Crippen molar-refractivity contribution in [2.24, 2.45) is 17.3 Å². The molecule has 0 saturated carbocycles. The summed E-state index contributed by atoms with van der Waals surface area (Å²) in [7, 11) is 0. The highest BCUT2D eigenvalue weighted by molar-refractivity contribution is 6.04. The van der Waals surface area contributed by atoms with Crippen LogP contribution in [0.4, 0.5) is 0 Å². The highest BCUT2D eigenvalue weighted by atomic mass is 16.7. The predicted octanol–water partition coefficient (Wildman–Crippen LogP) is 1.73. The molecule has 5 amide bonds. The van der Waals surface area contributed by atoms with Gasteiger partial charge in [0.15, 0.2) is 0 Å². The van der Waals surface area contributed by atoms with Gasteiger partial charge in [-0.05, 0) is 46.5 Å². The van der Waals surface area contributed by atoms with Gasteiger partial charge in [0, 0.05) is 51.3 Å². The molecule has 0 spiro atoms. The first-order chi connectivity index (χ1) is 16.6. The molecule has 2 saturated heterocycles. The number of hydroxylamine groups is 2. The summed E-state index contributed by atoms with van der Waals surface area (Å²) < 4.78 is 5.91. The Kier molecular flexibility index (Phi) is 9.76. The van der Waals surface area contributed by atoms with Gasteiger partial charge in [-0.3, -0.25) is 28.9 Å². The lowest BCUT2D eigenvalue weighted by Gasteiger charge is -2.29. The van der Waals surface area contributed by atoms with Crippen LogP contribution in [0, 0.1) is 17.3 Å². The van der Waals surface area contributed by atoms with E-state index < -0.39 is 28.8 Å². The third-order valence-electron chi connectivity index (χ3n) is 6.65. The van der Waals surface area contributed by atoms with E-state index in [2.05, 4.69) is 5.32 Å². The van der Waals surface area contributed by atoms with Crippen molar-refractivity contribution in [3.63, 3.8) is 0 Å². The molecular formula is C25H39N3O8. The van der Waals surface area contributed by atoms with Crippen LogP contribution in [-0.4, -0.2) is 70.8 Å². The van der Waals surface area contributed by atoms with Crippen LogP contribution in [0.5, 0.6) is 0 Å². The quantitative estimate of drug-likeness (QED) is 0.370. The second-order valence-corrected chi connectivity index (χ2v) is 11.0. The van der Waals surface area contributed by atoms with Crippen molar-refractivity contribution >= 4 is 35.5 Å². The zero-order chi connectivity index (χ0) is 27.3. The van der Waals surface area contributed by atoms with Gasteiger partial charge < -0.3 is 14.9 Å². The van der Waals surface area contributed by atoms with Gasteiger partial charge in [0.1, 0.15) is 0 Å². The molecule has 0 aliphatic carbocycles. The Balaban J connectivity index is 1.68. The standard InChI is InChI=1S/C25H39N3O8/c1-16(2)17-15-21(32)27(22(17)33)13-9-18(29)26-12-10-25(5,6)35-14-11-24(3,4)23(34)36-28-19(30)7-8-20(28)31/h16-17H,7-15H2,1-6H3,(H,26,29). The van der Waals surface area contributed by atoms with Gasteiger partial charge in [0.25, 0.3) is 11.8 Å². The largest absolute Gasteiger partial charge is 0.375 e. The van der Waals surface area contributed by atoms with Gasteiger partial charge in [-0.2, -0.15) is 0 Å². The smallest absolute Gasteiger partial charge is 0.338 e. The molecule has 2 heterocycles. The Hall–Kier alpha value is -2.82. The summed E-state index contributed by atoms with van der Waals surface area (Å²) >= 11 is 0. The summed E-state index contributed by atoms with van der Waals surface area (Å²) in [5.41, 5.74) is -1.58. The van der Waals surface area contributed by atoms with Crippen LogP contribution in [-0.2, 0) is 38.3 Å². The molecule has 1 N–H and O–H groups in total. The first-order valence-electron chi connectivity index (χ1n) is 12.5. The molecule has 36 heavy (non-hydrogen) atoms.